The van der Waals surface area contributed by atoms with E-state index in [1.54, 1.807) is 0 Å². The molecule has 0 bridgehead atoms. The second kappa shape index (κ2) is 75.0. The number of rotatable bonds is 75. The molecule has 0 aromatic carbocycles. The van der Waals surface area contributed by atoms with E-state index in [2.05, 4.69) is 113 Å². The first-order valence-corrected chi connectivity index (χ1v) is 43.1. The molecule has 0 aliphatic carbocycles. The van der Waals surface area contributed by atoms with Gasteiger partial charge in [0.05, 0.1) is 26.4 Å². The number of aliphatic hydroxyl groups excluding tert-OH is 1. The van der Waals surface area contributed by atoms with Crippen LogP contribution in [0.25, 0.3) is 0 Å². The minimum absolute atomic E-state index is 0.0162. The summed E-state index contributed by atoms with van der Waals surface area (Å²) in [5.41, 5.74) is 0. The first-order valence-electron chi connectivity index (χ1n) is 40.1. The number of esters is 4. The number of hydrogen-bond donors (Lipinski definition) is 3. The van der Waals surface area contributed by atoms with Crippen LogP contribution in [-0.2, 0) is 65.4 Å². The highest BCUT2D eigenvalue weighted by atomic mass is 31.2. The Labute approximate surface area is 619 Å². The van der Waals surface area contributed by atoms with Crippen LogP contribution in [0.1, 0.15) is 336 Å². The van der Waals surface area contributed by atoms with E-state index in [0.29, 0.717) is 38.5 Å². The molecule has 0 aliphatic rings. The van der Waals surface area contributed by atoms with E-state index in [4.69, 9.17) is 37.0 Å². The average Bonchev–Trinajstić information content (AvgIpc) is 0.909. The zero-order valence-electron chi connectivity index (χ0n) is 64.3. The number of unbranched alkanes of at least 4 members (excludes halogenated alkanes) is 31. The summed E-state index contributed by atoms with van der Waals surface area (Å²) in [6.45, 7) is 4.71. The van der Waals surface area contributed by atoms with Crippen LogP contribution >= 0.6 is 15.6 Å². The van der Waals surface area contributed by atoms with Gasteiger partial charge in [0, 0.05) is 25.7 Å². The molecule has 3 N–H and O–H groups in total. The monoisotopic (exact) mass is 1470 g/mol. The topological polar surface area (TPSA) is 237 Å². The Morgan fingerprint density at radius 3 is 0.814 bits per heavy atom. The molecule has 0 aromatic rings. The maximum Gasteiger partial charge on any atom is 0.472 e. The van der Waals surface area contributed by atoms with Crippen LogP contribution in [0, 0.1) is 0 Å². The lowest BCUT2D eigenvalue weighted by Crippen LogP contribution is -2.30. The number of allylic oxidation sites excluding steroid dienone is 18. The number of phosphoric acid groups is 2. The summed E-state index contributed by atoms with van der Waals surface area (Å²) in [5.74, 6) is -2.30. The zero-order chi connectivity index (χ0) is 74.6. The van der Waals surface area contributed by atoms with E-state index in [1.165, 1.54) is 128 Å². The van der Waals surface area contributed by atoms with Gasteiger partial charge in [-0.1, -0.05) is 291 Å². The van der Waals surface area contributed by atoms with Crippen molar-refractivity contribution in [1.82, 2.24) is 0 Å². The Hall–Kier alpha value is -4.28. The van der Waals surface area contributed by atoms with Gasteiger partial charge >= 0.3 is 39.5 Å². The molecule has 102 heavy (non-hydrogen) atoms. The van der Waals surface area contributed by atoms with E-state index >= 15 is 0 Å². The molecular weight excluding hydrogens is 1330 g/mol. The Kier molecular flexibility index (Phi) is 71.8. The van der Waals surface area contributed by atoms with E-state index in [-0.39, 0.29) is 25.7 Å². The van der Waals surface area contributed by atoms with Gasteiger partial charge in [-0.15, -0.1) is 0 Å². The van der Waals surface area contributed by atoms with Gasteiger partial charge in [-0.05, 0) is 128 Å². The summed E-state index contributed by atoms with van der Waals surface area (Å²) in [5, 5.41) is 10.6. The fourth-order valence-corrected chi connectivity index (χ4v) is 12.1. The van der Waals surface area contributed by atoms with Gasteiger partial charge in [-0.2, -0.15) is 0 Å². The molecule has 0 saturated carbocycles. The SMILES string of the molecule is CCCCC/C=C\C/C=C\C/C=C\C/C=C\CCCC(=O)OC[C@H](COP(=O)(O)OCC(O)COP(=O)(O)OC[C@@H](COC(=O)CCCCCCC/C=C\CCCCCCCC)OC(=O)CCC/C=C\C/C=C\C/C=C\C/C=C\CCCCC)OC(=O)CCCCCCCCCCCCCCC. The number of phosphoric ester groups is 2. The number of carbonyl (C=O) groups excluding carboxylic acids is 4. The zero-order valence-corrected chi connectivity index (χ0v) is 66.0. The van der Waals surface area contributed by atoms with Crippen LogP contribution in [0.5, 0.6) is 0 Å². The second-order valence-electron chi connectivity index (χ2n) is 26.7. The van der Waals surface area contributed by atoms with Crippen molar-refractivity contribution in [3.05, 3.63) is 109 Å². The van der Waals surface area contributed by atoms with Crippen LogP contribution in [0.2, 0.25) is 0 Å². The van der Waals surface area contributed by atoms with Crippen molar-refractivity contribution in [2.75, 3.05) is 39.6 Å². The number of aliphatic hydroxyl groups is 1. The minimum Gasteiger partial charge on any atom is -0.462 e. The Morgan fingerprint density at radius 2 is 0.490 bits per heavy atom. The molecule has 5 atom stereocenters. The van der Waals surface area contributed by atoms with E-state index in [1.807, 2.05) is 24.3 Å². The third-order valence-electron chi connectivity index (χ3n) is 16.7. The van der Waals surface area contributed by atoms with Crippen LogP contribution in [-0.4, -0.2) is 96.7 Å². The minimum atomic E-state index is -5.00. The maximum absolute atomic E-state index is 13.1. The van der Waals surface area contributed by atoms with Crippen LogP contribution < -0.4 is 0 Å². The molecule has 17 nitrogen and oxygen atoms in total. The van der Waals surface area contributed by atoms with Crippen molar-refractivity contribution >= 4 is 39.5 Å². The lowest BCUT2D eigenvalue weighted by molar-refractivity contribution is -0.161. The van der Waals surface area contributed by atoms with Crippen molar-refractivity contribution in [1.29, 1.82) is 0 Å². The highest BCUT2D eigenvalue weighted by molar-refractivity contribution is 7.47. The Bertz CT molecular complexity index is 2360. The van der Waals surface area contributed by atoms with Crippen LogP contribution in [0.3, 0.4) is 0 Å². The van der Waals surface area contributed by atoms with Gasteiger partial charge in [-0.25, -0.2) is 9.13 Å². The van der Waals surface area contributed by atoms with Gasteiger partial charge in [0.15, 0.2) is 12.2 Å². The molecule has 0 fully saturated rings. The summed E-state index contributed by atoms with van der Waals surface area (Å²) in [6, 6.07) is 0. The van der Waals surface area contributed by atoms with Crippen LogP contribution in [0.4, 0.5) is 0 Å². The van der Waals surface area contributed by atoms with Gasteiger partial charge in [0.25, 0.3) is 0 Å². The predicted molar refractivity (Wildman–Crippen MR) is 418 cm³/mol. The smallest absolute Gasteiger partial charge is 0.462 e. The molecule has 0 spiro atoms. The molecular formula is C83H144O17P2. The number of carbonyl (C=O) groups is 4. The summed E-state index contributed by atoms with van der Waals surface area (Å²) in [6.07, 6.45) is 80.8. The first kappa shape index (κ1) is 97.7. The largest absolute Gasteiger partial charge is 0.472 e. The summed E-state index contributed by atoms with van der Waals surface area (Å²) in [4.78, 5) is 72.9. The molecule has 588 valence electrons. The molecule has 0 heterocycles. The highest BCUT2D eigenvalue weighted by Gasteiger charge is 2.30. The second-order valence-corrected chi connectivity index (χ2v) is 29.6. The average molecular weight is 1480 g/mol. The molecule has 0 amide bonds. The highest BCUT2D eigenvalue weighted by Crippen LogP contribution is 2.45. The van der Waals surface area contributed by atoms with Gasteiger partial charge < -0.3 is 33.8 Å². The van der Waals surface area contributed by atoms with Crippen LogP contribution in [0.15, 0.2) is 109 Å². The van der Waals surface area contributed by atoms with Crippen molar-refractivity contribution in [2.24, 2.45) is 0 Å². The van der Waals surface area contributed by atoms with Gasteiger partial charge in [0.2, 0.25) is 0 Å². The van der Waals surface area contributed by atoms with Gasteiger partial charge in [-0.3, -0.25) is 37.3 Å². The van der Waals surface area contributed by atoms with Crippen molar-refractivity contribution in [2.45, 2.75) is 354 Å². The molecule has 0 aliphatic heterocycles. The third kappa shape index (κ3) is 74.0. The van der Waals surface area contributed by atoms with Crippen molar-refractivity contribution in [3.8, 4) is 0 Å². The molecule has 0 rings (SSSR count). The number of ether oxygens (including phenoxy) is 4. The molecule has 0 aromatic heterocycles. The van der Waals surface area contributed by atoms with E-state index in [0.717, 1.165) is 116 Å². The molecule has 19 heteroatoms. The lowest BCUT2D eigenvalue weighted by Gasteiger charge is -2.21. The Morgan fingerprint density at radius 1 is 0.275 bits per heavy atom. The quantitative estimate of drug-likeness (QED) is 0.0169. The standard InChI is InChI=1S/C83H144O17P2/c1-5-9-13-17-21-25-29-33-36-38-41-45-48-52-56-60-64-68-81(86)94-73-78(99-82(87)69-65-61-57-53-49-43-32-28-24-20-16-12-8-4)75-97-101(89,90)95-71-77(84)72-96-102(91,92)98-76-79(74-93-80(85)67-63-59-55-51-47-44-40-35-31-27-23-19-15-11-7-3)100-83(88)70-66-62-58-54-50-46-42-39-37-34-30-26-22-18-14-10-6-2/h21-22,25-26,33-37,40-42,45-46,52,54,56,58,77-79,84H,5-20,23-24,27-32,38-39,43-44,47-51,53,55,57,59-76H2,1-4H3,(H,89,90)(H,91,92)/b25-21-,26-22-,36-33-,37-34-,40-35-,45-41-,46-42-,56-52-,58-54-/t77?,78-,79-/m1/s1. The molecule has 0 saturated heterocycles. The van der Waals surface area contributed by atoms with Crippen molar-refractivity contribution in [3.63, 3.8) is 0 Å². The summed E-state index contributed by atoms with van der Waals surface area (Å²) < 4.78 is 68.5. The van der Waals surface area contributed by atoms with Gasteiger partial charge in [0.1, 0.15) is 19.3 Å². The molecule has 0 radical (unpaired) electrons. The summed E-state index contributed by atoms with van der Waals surface area (Å²) >= 11 is 0. The predicted octanol–water partition coefficient (Wildman–Crippen LogP) is 23.3. The first-order chi connectivity index (χ1) is 49.7. The maximum atomic E-state index is 13.1. The fraction of sp³-hybridized carbons (Fsp3) is 0.735. The van der Waals surface area contributed by atoms with E-state index < -0.39 is 97.5 Å². The molecule has 3 unspecified atom stereocenters. The normalized spacial score (nSPS) is 14.5. The Balaban J connectivity index is 5.44. The number of hydrogen-bond acceptors (Lipinski definition) is 15. The fourth-order valence-electron chi connectivity index (χ4n) is 10.6. The van der Waals surface area contributed by atoms with E-state index in [9.17, 15) is 43.2 Å². The lowest BCUT2D eigenvalue weighted by atomic mass is 10.0. The summed E-state index contributed by atoms with van der Waals surface area (Å²) in [7, 11) is -9.99. The van der Waals surface area contributed by atoms with Crippen molar-refractivity contribution < 1.29 is 80.2 Å². The third-order valence-corrected chi connectivity index (χ3v) is 18.6.